The third-order valence-corrected chi connectivity index (χ3v) is 8.28. The molecule has 0 atom stereocenters. The Morgan fingerprint density at radius 1 is 1.14 bits per heavy atom. The van der Waals surface area contributed by atoms with Crippen LogP contribution in [0.3, 0.4) is 0 Å². The molecule has 0 unspecified atom stereocenters. The van der Waals surface area contributed by atoms with E-state index in [0.29, 0.717) is 41.1 Å². The number of hydrogen-bond acceptors (Lipinski definition) is 4. The smallest absolute Gasteiger partial charge is 0.188 e. The molecule has 2 heterocycles. The van der Waals surface area contributed by atoms with Gasteiger partial charge in [-0.2, -0.15) is 0 Å². The Balaban J connectivity index is 1.37. The lowest BCUT2D eigenvalue weighted by Gasteiger charge is -2.26. The summed E-state index contributed by atoms with van der Waals surface area (Å²) in [5.41, 5.74) is 3.91. The Kier molecular flexibility index (Phi) is 8.73. The summed E-state index contributed by atoms with van der Waals surface area (Å²) in [6, 6.07) is 7.81. The van der Waals surface area contributed by atoms with E-state index in [1.807, 2.05) is 35.8 Å². The van der Waals surface area contributed by atoms with Crippen molar-refractivity contribution in [3.8, 4) is 0 Å². The van der Waals surface area contributed by atoms with Gasteiger partial charge in [0.25, 0.3) is 0 Å². The number of ketones is 1. The van der Waals surface area contributed by atoms with Crippen LogP contribution in [0.2, 0.25) is 0 Å². The molecule has 3 aromatic rings. The summed E-state index contributed by atoms with van der Waals surface area (Å²) < 4.78 is 24.7. The minimum absolute atomic E-state index is 0.0161. The van der Waals surface area contributed by atoms with Crippen LogP contribution in [0.4, 0.5) is 4.39 Å². The highest BCUT2D eigenvalue weighted by Crippen LogP contribution is 2.30. The van der Waals surface area contributed by atoms with Crippen molar-refractivity contribution in [2.75, 3.05) is 32.8 Å². The van der Waals surface area contributed by atoms with Crippen LogP contribution < -0.4 is 0 Å². The number of carbonyl (C=O) groups excluding carboxylic acids is 1. The molecule has 1 saturated carbocycles. The third-order valence-electron chi connectivity index (χ3n) is 7.79. The molecule has 0 amide bonds. The fourth-order valence-electron chi connectivity index (χ4n) is 5.33. The summed E-state index contributed by atoms with van der Waals surface area (Å²) in [5, 5.41) is 0. The van der Waals surface area contributed by atoms with Gasteiger partial charge in [0.1, 0.15) is 12.1 Å². The minimum Gasteiger partial charge on any atom is -0.373 e. The van der Waals surface area contributed by atoms with E-state index in [1.165, 1.54) is 45.2 Å². The van der Waals surface area contributed by atoms with Crippen LogP contribution in [0.15, 0.2) is 35.1 Å². The van der Waals surface area contributed by atoms with Crippen LogP contribution in [-0.4, -0.2) is 53.1 Å². The van der Waals surface area contributed by atoms with E-state index >= 15 is 4.39 Å². The van der Waals surface area contributed by atoms with Crippen molar-refractivity contribution in [1.29, 1.82) is 0 Å². The largest absolute Gasteiger partial charge is 0.373 e. The first kappa shape index (κ1) is 26.5. The average molecular weight is 571 g/mol. The molecular weight excluding hydrogens is 533 g/mol. The zero-order chi connectivity index (χ0) is 25.8. The average Bonchev–Trinajstić information content (AvgIpc) is 3.63. The summed E-state index contributed by atoms with van der Waals surface area (Å²) in [5.74, 6) is 0.0183. The van der Waals surface area contributed by atoms with Gasteiger partial charge in [-0.05, 0) is 100 Å². The van der Waals surface area contributed by atoms with Gasteiger partial charge in [-0.3, -0.25) is 4.79 Å². The first-order chi connectivity index (χ1) is 18.0. The van der Waals surface area contributed by atoms with Crippen LogP contribution in [-0.2, 0) is 17.7 Å². The highest BCUT2D eigenvalue weighted by Gasteiger charge is 2.25. The number of nitrogens with zero attached hydrogens (tertiary/aromatic N) is 3. The lowest BCUT2D eigenvalue weighted by molar-refractivity contribution is 0.0738. The Labute approximate surface area is 227 Å². The van der Waals surface area contributed by atoms with Gasteiger partial charge >= 0.3 is 0 Å². The number of carbonyl (C=O) groups is 1. The van der Waals surface area contributed by atoms with Gasteiger partial charge in [-0.1, -0.05) is 28.4 Å². The van der Waals surface area contributed by atoms with E-state index in [0.717, 1.165) is 41.5 Å². The van der Waals surface area contributed by atoms with Gasteiger partial charge in [0.15, 0.2) is 11.6 Å². The second kappa shape index (κ2) is 12.2. The fraction of sp³-hybridized carbons (Fsp3) is 0.533. The Morgan fingerprint density at radius 3 is 2.68 bits per heavy atom. The number of halogens is 2. The standard InChI is InChI=1S/C30H37BrFN3O2/c1-21-15-24(31)10-9-23(21)16-26-25(28(36)19-37-18-22-7-8-22)17-27-30(29(26)32)33-20-35(27)14-6-5-13-34-11-3-2-4-12-34/h9-10,15,17,20,22H,2-8,11-14,16,18-19H2,1H3. The van der Waals surface area contributed by atoms with E-state index in [2.05, 4.69) is 25.8 Å². The predicted molar refractivity (Wildman–Crippen MR) is 149 cm³/mol. The molecule has 0 bridgehead atoms. The Bertz CT molecular complexity index is 1250. The van der Waals surface area contributed by atoms with E-state index < -0.39 is 5.82 Å². The second-order valence-electron chi connectivity index (χ2n) is 10.8. The van der Waals surface area contributed by atoms with Crippen molar-refractivity contribution in [2.45, 2.75) is 64.8 Å². The summed E-state index contributed by atoms with van der Waals surface area (Å²) in [6.07, 6.45) is 10.4. The monoisotopic (exact) mass is 569 g/mol. The maximum Gasteiger partial charge on any atom is 0.188 e. The number of aryl methyl sites for hydroxylation is 2. The van der Waals surface area contributed by atoms with Gasteiger partial charge in [0, 0.05) is 28.6 Å². The number of benzene rings is 2. The number of ether oxygens (including phenoxy) is 1. The number of imidazole rings is 1. The zero-order valence-electron chi connectivity index (χ0n) is 21.8. The van der Waals surface area contributed by atoms with Crippen LogP contribution in [0.1, 0.15) is 72.0 Å². The molecule has 0 spiro atoms. The lowest BCUT2D eigenvalue weighted by Crippen LogP contribution is -2.30. The van der Waals surface area contributed by atoms with Crippen LogP contribution in [0.25, 0.3) is 11.0 Å². The van der Waals surface area contributed by atoms with Crippen molar-refractivity contribution >= 4 is 32.7 Å². The number of rotatable bonds is 12. The molecule has 1 saturated heterocycles. The number of likely N-dealkylation sites (tertiary alicyclic amines) is 1. The lowest BCUT2D eigenvalue weighted by atomic mass is 9.94. The Morgan fingerprint density at radius 2 is 1.92 bits per heavy atom. The third kappa shape index (κ3) is 6.68. The van der Waals surface area contributed by atoms with Gasteiger partial charge in [-0.25, -0.2) is 9.37 Å². The molecule has 5 rings (SSSR count). The molecule has 7 heteroatoms. The molecule has 2 aliphatic rings. The molecular formula is C30H37BrFN3O2. The highest BCUT2D eigenvalue weighted by molar-refractivity contribution is 9.10. The van der Waals surface area contributed by atoms with Gasteiger partial charge in [0.2, 0.25) is 0 Å². The van der Waals surface area contributed by atoms with Crippen LogP contribution >= 0.6 is 15.9 Å². The van der Waals surface area contributed by atoms with Crippen LogP contribution in [0, 0.1) is 18.7 Å². The molecule has 1 aliphatic carbocycles. The van der Waals surface area contributed by atoms with E-state index in [9.17, 15) is 4.79 Å². The number of piperidine rings is 1. The van der Waals surface area contributed by atoms with Crippen molar-refractivity contribution < 1.29 is 13.9 Å². The van der Waals surface area contributed by atoms with Crippen molar-refractivity contribution in [1.82, 2.24) is 14.5 Å². The molecule has 198 valence electrons. The topological polar surface area (TPSA) is 47.4 Å². The molecule has 0 radical (unpaired) electrons. The van der Waals surface area contributed by atoms with Crippen molar-refractivity contribution in [2.24, 2.45) is 5.92 Å². The molecule has 2 fully saturated rings. The molecule has 37 heavy (non-hydrogen) atoms. The molecule has 0 N–H and O–H groups in total. The maximum atomic E-state index is 16.0. The molecule has 1 aromatic heterocycles. The SMILES string of the molecule is Cc1cc(Br)ccc1Cc1c(C(=O)COCC2CC2)cc2c(ncn2CCCCN2CCCCC2)c1F. The second-order valence-corrected chi connectivity index (χ2v) is 11.7. The summed E-state index contributed by atoms with van der Waals surface area (Å²) >= 11 is 3.50. The summed E-state index contributed by atoms with van der Waals surface area (Å²) in [4.78, 5) is 20.3. The van der Waals surface area contributed by atoms with Gasteiger partial charge < -0.3 is 14.2 Å². The summed E-state index contributed by atoms with van der Waals surface area (Å²) in [7, 11) is 0. The van der Waals surface area contributed by atoms with Crippen molar-refractivity contribution in [3.05, 3.63) is 63.1 Å². The Hall–Kier alpha value is -2.09. The van der Waals surface area contributed by atoms with E-state index in [1.54, 1.807) is 6.33 Å². The molecule has 5 nitrogen and oxygen atoms in total. The first-order valence-corrected chi connectivity index (χ1v) is 14.5. The van der Waals surface area contributed by atoms with E-state index in [-0.39, 0.29) is 12.4 Å². The van der Waals surface area contributed by atoms with Crippen LogP contribution in [0.5, 0.6) is 0 Å². The first-order valence-electron chi connectivity index (χ1n) is 13.7. The number of aromatic nitrogens is 2. The summed E-state index contributed by atoms with van der Waals surface area (Å²) in [6.45, 7) is 6.88. The zero-order valence-corrected chi connectivity index (χ0v) is 23.4. The fourth-order valence-corrected chi connectivity index (χ4v) is 5.80. The predicted octanol–water partition coefficient (Wildman–Crippen LogP) is 6.71. The molecule has 1 aliphatic heterocycles. The van der Waals surface area contributed by atoms with E-state index in [4.69, 9.17) is 4.74 Å². The normalized spacial score (nSPS) is 16.5. The highest BCUT2D eigenvalue weighted by atomic mass is 79.9. The quantitative estimate of drug-likeness (QED) is 0.179. The maximum absolute atomic E-state index is 16.0. The van der Waals surface area contributed by atoms with Gasteiger partial charge in [0.05, 0.1) is 18.5 Å². The molecule has 2 aromatic carbocycles. The number of fused-ring (bicyclic) bond motifs is 1. The minimum atomic E-state index is -0.391. The number of unbranched alkanes of at least 4 members (excludes halogenated alkanes) is 1. The number of hydrogen-bond donors (Lipinski definition) is 0. The van der Waals surface area contributed by atoms with Crippen molar-refractivity contribution in [3.63, 3.8) is 0 Å². The van der Waals surface area contributed by atoms with Gasteiger partial charge in [-0.15, -0.1) is 0 Å². The number of Topliss-reactive ketones (excluding diaryl/α,β-unsaturated/α-hetero) is 1.